The zero-order valence-corrected chi connectivity index (χ0v) is 10.7. The first kappa shape index (κ1) is 12.2. The van der Waals surface area contributed by atoms with Crippen LogP contribution in [-0.4, -0.2) is 11.1 Å². The lowest BCUT2D eigenvalue weighted by Crippen LogP contribution is -2.37. The van der Waals surface area contributed by atoms with Crippen LogP contribution in [0.5, 0.6) is 0 Å². The Bertz CT molecular complexity index is 356. The van der Waals surface area contributed by atoms with Crippen LogP contribution >= 0.6 is 15.9 Å². The Morgan fingerprint density at radius 1 is 1.33 bits per heavy atom. The lowest BCUT2D eigenvalue weighted by molar-refractivity contribution is -0.145. The molecule has 0 aliphatic carbocycles. The lowest BCUT2D eigenvalue weighted by atomic mass is 9.73. The second-order valence-corrected chi connectivity index (χ2v) is 5.08. The molecule has 1 rings (SSSR count). The Labute approximate surface area is 98.4 Å². The smallest absolute Gasteiger partial charge is 0.314 e. The summed E-state index contributed by atoms with van der Waals surface area (Å²) in [5.41, 5.74) is 0.0222. The molecular formula is C12H15BrO2. The molecule has 82 valence electrons. The van der Waals surface area contributed by atoms with E-state index in [1.807, 2.05) is 38.1 Å². The molecular weight excluding hydrogens is 256 g/mol. The monoisotopic (exact) mass is 270 g/mol. The van der Waals surface area contributed by atoms with Crippen molar-refractivity contribution in [3.8, 4) is 0 Å². The molecule has 3 heteroatoms. The van der Waals surface area contributed by atoms with Gasteiger partial charge in [0.05, 0.1) is 5.41 Å². The molecule has 2 nitrogen and oxygen atoms in total. The topological polar surface area (TPSA) is 37.3 Å². The van der Waals surface area contributed by atoms with Gasteiger partial charge in [0.2, 0.25) is 0 Å². The van der Waals surface area contributed by atoms with Gasteiger partial charge in [-0.05, 0) is 30.5 Å². The van der Waals surface area contributed by atoms with Crippen LogP contribution in [0.3, 0.4) is 0 Å². The fraction of sp³-hybridized carbons (Fsp3) is 0.417. The van der Waals surface area contributed by atoms with E-state index >= 15 is 0 Å². The summed E-state index contributed by atoms with van der Waals surface area (Å²) in [5, 5.41) is 9.31. The summed E-state index contributed by atoms with van der Waals surface area (Å²) < 4.78 is 0.961. The Balaban J connectivity index is 3.22. The molecule has 0 spiro atoms. The number of hydrogen-bond acceptors (Lipinski definition) is 1. The van der Waals surface area contributed by atoms with Gasteiger partial charge in [-0.1, -0.05) is 41.9 Å². The number of hydrogen-bond donors (Lipinski definition) is 1. The quantitative estimate of drug-likeness (QED) is 0.914. The van der Waals surface area contributed by atoms with Gasteiger partial charge in [-0.3, -0.25) is 4.79 Å². The highest BCUT2D eigenvalue weighted by molar-refractivity contribution is 9.10. The van der Waals surface area contributed by atoms with Gasteiger partial charge < -0.3 is 5.11 Å². The van der Waals surface area contributed by atoms with E-state index in [0.29, 0.717) is 0 Å². The van der Waals surface area contributed by atoms with E-state index in [-0.39, 0.29) is 5.92 Å². The van der Waals surface area contributed by atoms with Crippen molar-refractivity contribution in [3.05, 3.63) is 34.3 Å². The number of carboxylic acids is 1. The average Bonchev–Trinajstić information content (AvgIpc) is 2.17. The van der Waals surface area contributed by atoms with E-state index in [4.69, 9.17) is 0 Å². The van der Waals surface area contributed by atoms with Gasteiger partial charge in [0.1, 0.15) is 0 Å². The average molecular weight is 271 g/mol. The molecule has 0 amide bonds. The number of halogens is 1. The van der Waals surface area contributed by atoms with Crippen molar-refractivity contribution in [3.63, 3.8) is 0 Å². The summed E-state index contributed by atoms with van der Waals surface area (Å²) >= 11 is 3.34. The van der Waals surface area contributed by atoms with Gasteiger partial charge in [0.25, 0.3) is 0 Å². The van der Waals surface area contributed by atoms with Gasteiger partial charge in [-0.2, -0.15) is 0 Å². The van der Waals surface area contributed by atoms with Crippen LogP contribution < -0.4 is 0 Å². The standard InChI is InChI=1S/C12H15BrO2/c1-8(2)12(3,11(14)15)9-4-6-10(13)7-5-9/h4-8H,1-3H3,(H,14,15). The molecule has 0 radical (unpaired) electrons. The Hall–Kier alpha value is -0.830. The molecule has 0 bridgehead atoms. The molecule has 0 aliphatic heterocycles. The molecule has 0 heterocycles. The third-order valence-electron chi connectivity index (χ3n) is 3.04. The third kappa shape index (κ3) is 2.23. The van der Waals surface area contributed by atoms with Gasteiger partial charge in [-0.25, -0.2) is 0 Å². The van der Waals surface area contributed by atoms with E-state index in [9.17, 15) is 9.90 Å². The van der Waals surface area contributed by atoms with Crippen molar-refractivity contribution >= 4 is 21.9 Å². The minimum atomic E-state index is -0.819. The van der Waals surface area contributed by atoms with Crippen molar-refractivity contribution in [2.75, 3.05) is 0 Å². The fourth-order valence-corrected chi connectivity index (χ4v) is 1.76. The summed E-state index contributed by atoms with van der Waals surface area (Å²) in [4.78, 5) is 11.3. The zero-order valence-electron chi connectivity index (χ0n) is 9.12. The number of carbonyl (C=O) groups is 1. The summed E-state index contributed by atoms with van der Waals surface area (Å²) in [6, 6.07) is 7.47. The highest BCUT2D eigenvalue weighted by Crippen LogP contribution is 2.32. The van der Waals surface area contributed by atoms with E-state index in [0.717, 1.165) is 10.0 Å². The Morgan fingerprint density at radius 2 is 1.80 bits per heavy atom. The van der Waals surface area contributed by atoms with Crippen LogP contribution in [0.4, 0.5) is 0 Å². The predicted molar refractivity (Wildman–Crippen MR) is 64.0 cm³/mol. The van der Waals surface area contributed by atoms with Gasteiger partial charge in [0.15, 0.2) is 0 Å². The first-order valence-corrected chi connectivity index (χ1v) is 5.67. The molecule has 1 N–H and O–H groups in total. The van der Waals surface area contributed by atoms with Crippen molar-refractivity contribution in [1.82, 2.24) is 0 Å². The molecule has 15 heavy (non-hydrogen) atoms. The third-order valence-corrected chi connectivity index (χ3v) is 3.57. The molecule has 1 aromatic rings. The maximum Gasteiger partial charge on any atom is 0.314 e. The minimum Gasteiger partial charge on any atom is -0.481 e. The van der Waals surface area contributed by atoms with Crippen LogP contribution in [0.15, 0.2) is 28.7 Å². The largest absolute Gasteiger partial charge is 0.481 e. The van der Waals surface area contributed by atoms with E-state index in [1.165, 1.54) is 0 Å². The lowest BCUT2D eigenvalue weighted by Gasteiger charge is -2.29. The van der Waals surface area contributed by atoms with Gasteiger partial charge >= 0.3 is 5.97 Å². The van der Waals surface area contributed by atoms with Crippen LogP contribution in [0.25, 0.3) is 0 Å². The first-order chi connectivity index (χ1) is 6.89. The second kappa shape index (κ2) is 4.35. The predicted octanol–water partition coefficient (Wildman–Crippen LogP) is 3.45. The van der Waals surface area contributed by atoms with E-state index in [2.05, 4.69) is 15.9 Å². The second-order valence-electron chi connectivity index (χ2n) is 4.17. The highest BCUT2D eigenvalue weighted by atomic mass is 79.9. The van der Waals surface area contributed by atoms with E-state index < -0.39 is 11.4 Å². The van der Waals surface area contributed by atoms with Crippen LogP contribution in [0.2, 0.25) is 0 Å². The summed E-state index contributed by atoms with van der Waals surface area (Å²) in [6.07, 6.45) is 0. The summed E-state index contributed by atoms with van der Waals surface area (Å²) in [7, 11) is 0. The van der Waals surface area contributed by atoms with Crippen LogP contribution in [0, 0.1) is 5.92 Å². The Morgan fingerprint density at radius 3 is 2.13 bits per heavy atom. The number of rotatable bonds is 3. The maximum absolute atomic E-state index is 11.3. The number of aliphatic carboxylic acids is 1. The molecule has 0 aromatic heterocycles. The molecule has 1 unspecified atom stereocenters. The van der Waals surface area contributed by atoms with Gasteiger partial charge in [-0.15, -0.1) is 0 Å². The molecule has 0 fully saturated rings. The zero-order chi connectivity index (χ0) is 11.6. The Kier molecular flexibility index (Phi) is 3.55. The molecule has 0 aliphatic rings. The van der Waals surface area contributed by atoms with Crippen LogP contribution in [0.1, 0.15) is 26.3 Å². The van der Waals surface area contributed by atoms with E-state index in [1.54, 1.807) is 6.92 Å². The number of carboxylic acid groups (broad SMARTS) is 1. The molecule has 1 atom stereocenters. The minimum absolute atomic E-state index is 0.0520. The summed E-state index contributed by atoms with van der Waals surface area (Å²) in [5.74, 6) is -0.726. The van der Waals surface area contributed by atoms with Crippen molar-refractivity contribution in [2.45, 2.75) is 26.2 Å². The maximum atomic E-state index is 11.3. The summed E-state index contributed by atoms with van der Waals surface area (Å²) in [6.45, 7) is 5.62. The SMILES string of the molecule is CC(C)C(C)(C(=O)O)c1ccc(Br)cc1. The van der Waals surface area contributed by atoms with Crippen molar-refractivity contribution in [1.29, 1.82) is 0 Å². The molecule has 1 aromatic carbocycles. The first-order valence-electron chi connectivity index (χ1n) is 4.88. The normalized spacial score (nSPS) is 15.0. The van der Waals surface area contributed by atoms with Crippen molar-refractivity contribution < 1.29 is 9.90 Å². The molecule has 0 saturated carbocycles. The van der Waals surface area contributed by atoms with Gasteiger partial charge in [0, 0.05) is 4.47 Å². The van der Waals surface area contributed by atoms with Crippen LogP contribution in [-0.2, 0) is 10.2 Å². The highest BCUT2D eigenvalue weighted by Gasteiger charge is 2.38. The fourth-order valence-electron chi connectivity index (χ4n) is 1.50. The van der Waals surface area contributed by atoms with Crippen molar-refractivity contribution in [2.24, 2.45) is 5.92 Å². The number of benzene rings is 1. The molecule has 0 saturated heterocycles.